The van der Waals surface area contributed by atoms with Crippen LogP contribution in [0.4, 0.5) is 5.13 Å². The fourth-order valence-electron chi connectivity index (χ4n) is 1.75. The summed E-state index contributed by atoms with van der Waals surface area (Å²) in [7, 11) is 1.62. The number of benzene rings is 1. The maximum absolute atomic E-state index is 12.0. The number of pyridine rings is 1. The average Bonchev–Trinajstić information content (AvgIpc) is 2.89. The van der Waals surface area contributed by atoms with E-state index in [9.17, 15) is 4.79 Å². The molecule has 3 aromatic rings. The van der Waals surface area contributed by atoms with E-state index in [-0.39, 0.29) is 5.91 Å². The lowest BCUT2D eigenvalue weighted by Gasteiger charge is -1.99. The van der Waals surface area contributed by atoms with E-state index in [0.717, 1.165) is 16.0 Å². The summed E-state index contributed by atoms with van der Waals surface area (Å²) in [4.78, 5) is 20.3. The molecule has 2 aromatic heterocycles. The van der Waals surface area contributed by atoms with Crippen LogP contribution in [-0.2, 0) is 0 Å². The first kappa shape index (κ1) is 12.6. The van der Waals surface area contributed by atoms with E-state index in [1.165, 1.54) is 17.5 Å². The summed E-state index contributed by atoms with van der Waals surface area (Å²) < 4.78 is 6.13. The summed E-state index contributed by atoms with van der Waals surface area (Å²) in [6.07, 6.45) is 3.15. The van der Waals surface area contributed by atoms with Gasteiger partial charge in [-0.25, -0.2) is 4.98 Å². The predicted molar refractivity (Wildman–Crippen MR) is 78.4 cm³/mol. The Hall–Kier alpha value is -2.47. The number of amides is 1. The van der Waals surface area contributed by atoms with Crippen LogP contribution < -0.4 is 10.1 Å². The summed E-state index contributed by atoms with van der Waals surface area (Å²) in [6.45, 7) is 0. The number of nitrogens with zero attached hydrogens (tertiary/aromatic N) is 2. The van der Waals surface area contributed by atoms with Crippen LogP contribution in [0.3, 0.4) is 0 Å². The molecule has 0 fully saturated rings. The van der Waals surface area contributed by atoms with Crippen molar-refractivity contribution in [2.24, 2.45) is 0 Å². The minimum Gasteiger partial charge on any atom is -0.497 e. The first-order valence-electron chi connectivity index (χ1n) is 5.92. The van der Waals surface area contributed by atoms with Gasteiger partial charge in [-0.2, -0.15) is 0 Å². The molecule has 6 heteroatoms. The second kappa shape index (κ2) is 5.26. The maximum atomic E-state index is 12.0. The molecule has 3 rings (SSSR count). The van der Waals surface area contributed by atoms with Crippen LogP contribution in [0.1, 0.15) is 10.4 Å². The van der Waals surface area contributed by atoms with Crippen LogP contribution >= 0.6 is 11.3 Å². The molecule has 0 aliphatic heterocycles. The highest BCUT2D eigenvalue weighted by atomic mass is 32.1. The number of hydrogen-bond acceptors (Lipinski definition) is 5. The van der Waals surface area contributed by atoms with Gasteiger partial charge in [-0.05, 0) is 30.3 Å². The summed E-state index contributed by atoms with van der Waals surface area (Å²) in [6, 6.07) is 9.03. The Morgan fingerprint density at radius 1 is 1.35 bits per heavy atom. The predicted octanol–water partition coefficient (Wildman–Crippen LogP) is 2.95. The van der Waals surface area contributed by atoms with Crippen molar-refractivity contribution >= 4 is 32.6 Å². The van der Waals surface area contributed by atoms with Crippen molar-refractivity contribution in [3.63, 3.8) is 0 Å². The maximum Gasteiger partial charge on any atom is 0.259 e. The molecule has 2 heterocycles. The number of aromatic nitrogens is 2. The molecule has 1 aromatic carbocycles. The van der Waals surface area contributed by atoms with Crippen LogP contribution in [0.5, 0.6) is 5.75 Å². The van der Waals surface area contributed by atoms with Gasteiger partial charge in [0.05, 0.1) is 22.9 Å². The molecule has 5 nitrogen and oxygen atoms in total. The summed E-state index contributed by atoms with van der Waals surface area (Å²) >= 11 is 1.41. The lowest BCUT2D eigenvalue weighted by Crippen LogP contribution is -2.11. The number of fused-ring (bicyclic) bond motifs is 1. The van der Waals surface area contributed by atoms with Crippen molar-refractivity contribution < 1.29 is 9.53 Å². The Kier molecular flexibility index (Phi) is 3.30. The van der Waals surface area contributed by atoms with Crippen molar-refractivity contribution in [3.05, 3.63) is 48.3 Å². The SMILES string of the molecule is COc1ccc2nc(NC(=O)c3cccnc3)sc2c1. The van der Waals surface area contributed by atoms with Crippen LogP contribution in [0.2, 0.25) is 0 Å². The van der Waals surface area contributed by atoms with E-state index in [1.54, 1.807) is 25.4 Å². The minimum absolute atomic E-state index is 0.218. The Morgan fingerprint density at radius 2 is 2.25 bits per heavy atom. The highest BCUT2D eigenvalue weighted by molar-refractivity contribution is 7.22. The number of carbonyl (C=O) groups excluding carboxylic acids is 1. The molecular weight excluding hydrogens is 274 g/mol. The fourth-order valence-corrected chi connectivity index (χ4v) is 2.64. The van der Waals surface area contributed by atoms with Gasteiger partial charge in [0.25, 0.3) is 5.91 Å². The highest BCUT2D eigenvalue weighted by Crippen LogP contribution is 2.29. The molecular formula is C14H11N3O2S. The molecule has 0 bridgehead atoms. The molecule has 0 saturated carbocycles. The van der Waals surface area contributed by atoms with Crippen molar-refractivity contribution in [1.29, 1.82) is 0 Å². The van der Waals surface area contributed by atoms with Crippen molar-refractivity contribution in [1.82, 2.24) is 9.97 Å². The number of nitrogens with one attached hydrogen (secondary N) is 1. The van der Waals surface area contributed by atoms with E-state index in [4.69, 9.17) is 4.74 Å². The summed E-state index contributed by atoms with van der Waals surface area (Å²) in [5, 5.41) is 3.33. The standard InChI is InChI=1S/C14H11N3O2S/c1-19-10-4-5-11-12(7-10)20-14(16-11)17-13(18)9-3-2-6-15-8-9/h2-8H,1H3,(H,16,17,18). The summed E-state index contributed by atoms with van der Waals surface area (Å²) in [5.41, 5.74) is 1.33. The quantitative estimate of drug-likeness (QED) is 0.803. The number of rotatable bonds is 3. The zero-order chi connectivity index (χ0) is 13.9. The molecule has 0 unspecified atom stereocenters. The first-order valence-corrected chi connectivity index (χ1v) is 6.74. The fraction of sp³-hybridized carbons (Fsp3) is 0.0714. The smallest absolute Gasteiger partial charge is 0.259 e. The summed E-state index contributed by atoms with van der Waals surface area (Å²) in [5.74, 6) is 0.551. The van der Waals surface area contributed by atoms with Gasteiger partial charge in [0.1, 0.15) is 5.75 Å². The number of anilines is 1. The third-order valence-electron chi connectivity index (χ3n) is 2.74. The van der Waals surface area contributed by atoms with E-state index in [2.05, 4.69) is 15.3 Å². The molecule has 0 spiro atoms. The van der Waals surface area contributed by atoms with Gasteiger partial charge in [0, 0.05) is 12.4 Å². The molecule has 0 radical (unpaired) electrons. The molecule has 0 saturated heterocycles. The second-order valence-electron chi connectivity index (χ2n) is 4.05. The van der Waals surface area contributed by atoms with Gasteiger partial charge < -0.3 is 4.74 Å². The molecule has 1 amide bonds. The highest BCUT2D eigenvalue weighted by Gasteiger charge is 2.10. The van der Waals surface area contributed by atoms with Gasteiger partial charge in [-0.15, -0.1) is 0 Å². The van der Waals surface area contributed by atoms with Crippen LogP contribution in [0, 0.1) is 0 Å². The van der Waals surface area contributed by atoms with E-state index in [0.29, 0.717) is 10.7 Å². The lowest BCUT2D eigenvalue weighted by atomic mass is 10.3. The third-order valence-corrected chi connectivity index (χ3v) is 3.67. The molecule has 1 N–H and O–H groups in total. The van der Waals surface area contributed by atoms with Crippen molar-refractivity contribution in [2.45, 2.75) is 0 Å². The second-order valence-corrected chi connectivity index (χ2v) is 5.08. The zero-order valence-corrected chi connectivity index (χ0v) is 11.5. The molecule has 20 heavy (non-hydrogen) atoms. The number of methoxy groups -OCH3 is 1. The Labute approximate surface area is 119 Å². The third kappa shape index (κ3) is 2.46. The molecule has 0 aliphatic carbocycles. The van der Waals surface area contributed by atoms with E-state index in [1.807, 2.05) is 18.2 Å². The van der Waals surface area contributed by atoms with Gasteiger partial charge in [0.2, 0.25) is 0 Å². The first-order chi connectivity index (χ1) is 9.76. The molecule has 100 valence electrons. The van der Waals surface area contributed by atoms with Gasteiger partial charge in [0.15, 0.2) is 5.13 Å². The Bertz CT molecular complexity index is 755. The Morgan fingerprint density at radius 3 is 3.00 bits per heavy atom. The average molecular weight is 285 g/mol. The zero-order valence-electron chi connectivity index (χ0n) is 10.7. The largest absolute Gasteiger partial charge is 0.497 e. The molecule has 0 aliphatic rings. The van der Waals surface area contributed by atoms with Gasteiger partial charge in [-0.3, -0.25) is 15.1 Å². The van der Waals surface area contributed by atoms with Crippen molar-refractivity contribution in [3.8, 4) is 5.75 Å². The van der Waals surface area contributed by atoms with Crippen LogP contribution in [-0.4, -0.2) is 23.0 Å². The normalized spacial score (nSPS) is 10.4. The number of hydrogen-bond donors (Lipinski definition) is 1. The number of thiazole rings is 1. The van der Waals surface area contributed by atoms with Gasteiger partial charge >= 0.3 is 0 Å². The number of carbonyl (C=O) groups is 1. The lowest BCUT2D eigenvalue weighted by molar-refractivity contribution is 0.102. The van der Waals surface area contributed by atoms with E-state index >= 15 is 0 Å². The van der Waals surface area contributed by atoms with E-state index < -0.39 is 0 Å². The van der Waals surface area contributed by atoms with Crippen LogP contribution in [0.15, 0.2) is 42.7 Å². The number of ether oxygens (including phenoxy) is 1. The topological polar surface area (TPSA) is 64.1 Å². The van der Waals surface area contributed by atoms with Gasteiger partial charge in [-0.1, -0.05) is 11.3 Å². The monoisotopic (exact) mass is 285 g/mol. The van der Waals surface area contributed by atoms with Crippen molar-refractivity contribution in [2.75, 3.05) is 12.4 Å². The minimum atomic E-state index is -0.218. The Balaban J connectivity index is 1.86. The molecule has 0 atom stereocenters. The van der Waals surface area contributed by atoms with Crippen LogP contribution in [0.25, 0.3) is 10.2 Å².